The Kier molecular flexibility index (Phi) is 6.53. The molecular formula is C23H28N2O2. The molecule has 3 aromatic rings. The summed E-state index contributed by atoms with van der Waals surface area (Å²) in [6.07, 6.45) is 7.61. The molecule has 3 rings (SSSR count). The van der Waals surface area contributed by atoms with E-state index in [9.17, 15) is 0 Å². The Morgan fingerprint density at radius 1 is 1.07 bits per heavy atom. The van der Waals surface area contributed by atoms with Crippen molar-refractivity contribution in [3.8, 4) is 11.5 Å². The lowest BCUT2D eigenvalue weighted by atomic mass is 10.2. The number of rotatable bonds is 9. The fourth-order valence-corrected chi connectivity index (χ4v) is 3.25. The minimum absolute atomic E-state index is 0.417. The molecule has 142 valence electrons. The summed E-state index contributed by atoms with van der Waals surface area (Å²) in [5, 5.41) is 0. The Hall–Kier alpha value is -2.75. The van der Waals surface area contributed by atoms with Crippen molar-refractivity contribution in [2.24, 2.45) is 0 Å². The zero-order valence-electron chi connectivity index (χ0n) is 16.4. The molecule has 0 atom stereocenters. The third-order valence-electron chi connectivity index (χ3n) is 4.62. The zero-order chi connectivity index (χ0) is 19.1. The van der Waals surface area contributed by atoms with Crippen molar-refractivity contribution in [2.75, 3.05) is 7.11 Å². The lowest BCUT2D eigenvalue weighted by Crippen LogP contribution is -2.08. The molecule has 4 heteroatoms. The van der Waals surface area contributed by atoms with E-state index in [1.54, 1.807) is 7.11 Å². The number of benzene rings is 2. The second-order valence-electron chi connectivity index (χ2n) is 6.57. The van der Waals surface area contributed by atoms with Crippen LogP contribution in [0, 0.1) is 0 Å². The third kappa shape index (κ3) is 4.51. The van der Waals surface area contributed by atoms with Crippen LogP contribution in [0.15, 0.2) is 48.5 Å². The highest BCUT2D eigenvalue weighted by Gasteiger charge is 2.12. The monoisotopic (exact) mass is 364 g/mol. The lowest BCUT2D eigenvalue weighted by molar-refractivity contribution is 0.271. The molecule has 0 fully saturated rings. The van der Waals surface area contributed by atoms with Crippen molar-refractivity contribution >= 4 is 17.1 Å². The maximum absolute atomic E-state index is 6.09. The number of ether oxygens (including phenoxy) is 2. The van der Waals surface area contributed by atoms with Crippen molar-refractivity contribution in [1.82, 2.24) is 9.55 Å². The van der Waals surface area contributed by atoms with E-state index in [1.165, 1.54) is 18.4 Å². The Morgan fingerprint density at radius 2 is 1.93 bits per heavy atom. The summed E-state index contributed by atoms with van der Waals surface area (Å²) in [7, 11) is 1.67. The first-order valence-electron chi connectivity index (χ1n) is 9.64. The van der Waals surface area contributed by atoms with Crippen LogP contribution >= 0.6 is 0 Å². The van der Waals surface area contributed by atoms with E-state index in [-0.39, 0.29) is 0 Å². The van der Waals surface area contributed by atoms with Gasteiger partial charge in [-0.05, 0) is 43.2 Å². The van der Waals surface area contributed by atoms with Gasteiger partial charge in [-0.1, -0.05) is 50.1 Å². The highest BCUT2D eigenvalue weighted by atomic mass is 16.5. The van der Waals surface area contributed by atoms with Gasteiger partial charge < -0.3 is 14.0 Å². The van der Waals surface area contributed by atoms with E-state index in [2.05, 4.69) is 29.7 Å². The average molecular weight is 364 g/mol. The highest BCUT2D eigenvalue weighted by Crippen LogP contribution is 2.29. The molecule has 1 heterocycles. The molecule has 0 saturated carbocycles. The van der Waals surface area contributed by atoms with E-state index in [4.69, 9.17) is 14.5 Å². The lowest BCUT2D eigenvalue weighted by Gasteiger charge is -2.13. The number of imidazole rings is 1. The van der Waals surface area contributed by atoms with Gasteiger partial charge in [-0.3, -0.25) is 0 Å². The maximum Gasteiger partial charge on any atom is 0.161 e. The van der Waals surface area contributed by atoms with Crippen LogP contribution in [0.4, 0.5) is 0 Å². The van der Waals surface area contributed by atoms with Gasteiger partial charge in [0.05, 0.1) is 18.1 Å². The Labute approximate surface area is 161 Å². The number of hydrogen-bond donors (Lipinski definition) is 0. The molecule has 0 aliphatic rings. The molecule has 0 spiro atoms. The van der Waals surface area contributed by atoms with Crippen LogP contribution in [0.3, 0.4) is 0 Å². The van der Waals surface area contributed by atoms with Crippen LogP contribution in [0.1, 0.15) is 44.5 Å². The van der Waals surface area contributed by atoms with Crippen molar-refractivity contribution in [2.45, 2.75) is 46.3 Å². The number of unbranched alkanes of at least 4 members (excludes halogenated alkanes) is 2. The van der Waals surface area contributed by atoms with Crippen LogP contribution in [0.25, 0.3) is 17.1 Å². The Morgan fingerprint density at radius 3 is 2.70 bits per heavy atom. The Balaban J connectivity index is 1.83. The number of fused-ring (bicyclic) bond motifs is 1. The topological polar surface area (TPSA) is 36.3 Å². The van der Waals surface area contributed by atoms with Crippen LogP contribution in [0.5, 0.6) is 11.5 Å². The van der Waals surface area contributed by atoms with Gasteiger partial charge in [0.15, 0.2) is 11.5 Å². The highest BCUT2D eigenvalue weighted by molar-refractivity contribution is 5.75. The molecule has 2 aromatic carbocycles. The Bertz CT molecular complexity index is 912. The van der Waals surface area contributed by atoms with Crippen LogP contribution in [-0.4, -0.2) is 16.7 Å². The predicted molar refractivity (Wildman–Crippen MR) is 111 cm³/mol. The molecule has 0 radical (unpaired) electrons. The average Bonchev–Trinajstić information content (AvgIpc) is 3.05. The van der Waals surface area contributed by atoms with Gasteiger partial charge in [0.2, 0.25) is 0 Å². The molecule has 0 aliphatic heterocycles. The van der Waals surface area contributed by atoms with Gasteiger partial charge >= 0.3 is 0 Å². The number of aryl methyl sites for hydroxylation is 1. The number of hydrogen-bond acceptors (Lipinski definition) is 3. The summed E-state index contributed by atoms with van der Waals surface area (Å²) < 4.78 is 13.9. The molecule has 1 aromatic heterocycles. The van der Waals surface area contributed by atoms with Crippen LogP contribution < -0.4 is 9.47 Å². The second-order valence-corrected chi connectivity index (χ2v) is 6.57. The van der Waals surface area contributed by atoms with E-state index in [0.717, 1.165) is 41.4 Å². The summed E-state index contributed by atoms with van der Waals surface area (Å²) in [5.41, 5.74) is 3.28. The van der Waals surface area contributed by atoms with Crippen LogP contribution in [0.2, 0.25) is 0 Å². The smallest absolute Gasteiger partial charge is 0.161 e. The van der Waals surface area contributed by atoms with E-state index >= 15 is 0 Å². The molecule has 0 N–H and O–H groups in total. The van der Waals surface area contributed by atoms with E-state index in [0.29, 0.717) is 6.61 Å². The van der Waals surface area contributed by atoms with Crippen molar-refractivity contribution in [3.05, 3.63) is 59.9 Å². The fraction of sp³-hybridized carbons (Fsp3) is 0.348. The molecule has 4 nitrogen and oxygen atoms in total. The maximum atomic E-state index is 6.09. The predicted octanol–water partition coefficient (Wildman–Crippen LogP) is 5.85. The van der Waals surface area contributed by atoms with Gasteiger partial charge in [-0.25, -0.2) is 4.98 Å². The van der Waals surface area contributed by atoms with Crippen LogP contribution in [-0.2, 0) is 13.2 Å². The zero-order valence-corrected chi connectivity index (χ0v) is 16.4. The quantitative estimate of drug-likeness (QED) is 0.447. The minimum Gasteiger partial charge on any atom is -0.493 e. The van der Waals surface area contributed by atoms with Gasteiger partial charge in [0.25, 0.3) is 0 Å². The second kappa shape index (κ2) is 9.26. The first-order valence-corrected chi connectivity index (χ1v) is 9.64. The normalized spacial score (nSPS) is 11.4. The summed E-state index contributed by atoms with van der Waals surface area (Å²) in [6, 6.07) is 14.2. The molecule has 0 bridgehead atoms. The SMILES string of the molecule is C/C=C\c1ccc(OCc2nc3ccccc3n2CCCCC)c(OC)c1. The van der Waals surface area contributed by atoms with Crippen molar-refractivity contribution in [3.63, 3.8) is 0 Å². The molecule has 0 unspecified atom stereocenters. The van der Waals surface area contributed by atoms with Crippen molar-refractivity contribution in [1.29, 1.82) is 0 Å². The standard InChI is InChI=1S/C23H28N2O2/c1-4-6-9-15-25-20-12-8-7-11-19(20)24-23(25)17-27-21-14-13-18(10-5-2)16-22(21)26-3/h5,7-8,10-14,16H,4,6,9,15,17H2,1-3H3/b10-5-. The number of nitrogens with zero attached hydrogens (tertiary/aromatic N) is 2. The first kappa shape index (κ1) is 19.0. The molecule has 0 saturated heterocycles. The summed E-state index contributed by atoms with van der Waals surface area (Å²) in [5.74, 6) is 2.42. The number of allylic oxidation sites excluding steroid dienone is 1. The fourth-order valence-electron chi connectivity index (χ4n) is 3.25. The number of aromatic nitrogens is 2. The van der Waals surface area contributed by atoms with Gasteiger partial charge in [0.1, 0.15) is 12.4 Å². The molecular weight excluding hydrogens is 336 g/mol. The third-order valence-corrected chi connectivity index (χ3v) is 4.62. The number of methoxy groups -OCH3 is 1. The largest absolute Gasteiger partial charge is 0.493 e. The number of para-hydroxylation sites is 2. The van der Waals surface area contributed by atoms with Gasteiger partial charge in [-0.2, -0.15) is 0 Å². The van der Waals surface area contributed by atoms with Crippen molar-refractivity contribution < 1.29 is 9.47 Å². The first-order chi connectivity index (χ1) is 13.3. The summed E-state index contributed by atoms with van der Waals surface area (Å²) >= 11 is 0. The molecule has 0 aliphatic carbocycles. The summed E-state index contributed by atoms with van der Waals surface area (Å²) in [6.45, 7) is 5.60. The minimum atomic E-state index is 0.417. The van der Waals surface area contributed by atoms with Gasteiger partial charge in [-0.15, -0.1) is 0 Å². The van der Waals surface area contributed by atoms with E-state index in [1.807, 2.05) is 43.3 Å². The van der Waals surface area contributed by atoms with Gasteiger partial charge in [0, 0.05) is 6.54 Å². The van der Waals surface area contributed by atoms with E-state index < -0.39 is 0 Å². The molecule has 0 amide bonds. The molecule has 27 heavy (non-hydrogen) atoms. The summed E-state index contributed by atoms with van der Waals surface area (Å²) in [4.78, 5) is 4.79.